The maximum Gasteiger partial charge on any atom is 0.341 e. The molecule has 2 heterocycles. The molecule has 0 unspecified atom stereocenters. The Hall–Kier alpha value is -1.12. The van der Waals surface area contributed by atoms with Gasteiger partial charge in [-0.3, -0.25) is 4.79 Å². The molecule has 1 amide bonds. The Morgan fingerprint density at radius 2 is 2.08 bits per heavy atom. The highest BCUT2D eigenvalue weighted by atomic mass is 32.2. The SMILES string of the molecule is CCOC(=O)c1cc(CC)sc1NC(=O)CSC(=S)N1CCCC1. The van der Waals surface area contributed by atoms with Crippen LogP contribution in [0.3, 0.4) is 0 Å². The van der Waals surface area contributed by atoms with Crippen LogP contribution < -0.4 is 5.32 Å². The number of anilines is 1. The smallest absolute Gasteiger partial charge is 0.341 e. The molecule has 1 N–H and O–H groups in total. The molecule has 132 valence electrons. The fourth-order valence-corrected chi connectivity index (χ4v) is 4.40. The van der Waals surface area contributed by atoms with Gasteiger partial charge in [0.05, 0.1) is 17.9 Å². The molecular formula is C16H22N2O3S3. The number of carbonyl (C=O) groups excluding carboxylic acids is 2. The number of ether oxygens (including phenoxy) is 1. The number of esters is 1. The van der Waals surface area contributed by atoms with Crippen LogP contribution >= 0.6 is 35.3 Å². The van der Waals surface area contributed by atoms with Crippen molar-refractivity contribution in [1.82, 2.24) is 4.90 Å². The largest absolute Gasteiger partial charge is 0.462 e. The number of likely N-dealkylation sites (tertiary alicyclic amines) is 1. The second-order valence-corrected chi connectivity index (χ2v) is 8.07. The van der Waals surface area contributed by atoms with Gasteiger partial charge < -0.3 is 15.0 Å². The lowest BCUT2D eigenvalue weighted by molar-refractivity contribution is -0.113. The van der Waals surface area contributed by atoms with Gasteiger partial charge in [0.1, 0.15) is 9.32 Å². The minimum absolute atomic E-state index is 0.156. The van der Waals surface area contributed by atoms with Crippen molar-refractivity contribution in [3.63, 3.8) is 0 Å². The maximum absolute atomic E-state index is 12.2. The monoisotopic (exact) mass is 386 g/mol. The van der Waals surface area contributed by atoms with Gasteiger partial charge in [-0.25, -0.2) is 4.79 Å². The van der Waals surface area contributed by atoms with Gasteiger partial charge in [0.25, 0.3) is 0 Å². The summed E-state index contributed by atoms with van der Waals surface area (Å²) in [5, 5.41) is 3.39. The number of nitrogens with zero attached hydrogens (tertiary/aromatic N) is 1. The topological polar surface area (TPSA) is 58.6 Å². The van der Waals surface area contributed by atoms with Crippen molar-refractivity contribution < 1.29 is 14.3 Å². The number of aryl methyl sites for hydroxylation is 1. The summed E-state index contributed by atoms with van der Waals surface area (Å²) in [7, 11) is 0. The fourth-order valence-electron chi connectivity index (χ4n) is 2.35. The van der Waals surface area contributed by atoms with Crippen LogP contribution in [0.5, 0.6) is 0 Å². The number of rotatable bonds is 6. The summed E-state index contributed by atoms with van der Waals surface area (Å²) in [6.45, 7) is 6.04. The lowest BCUT2D eigenvalue weighted by atomic mass is 10.2. The molecule has 1 aromatic heterocycles. The summed E-state index contributed by atoms with van der Waals surface area (Å²) >= 11 is 8.15. The number of carbonyl (C=O) groups is 2. The van der Waals surface area contributed by atoms with Crippen LogP contribution in [-0.2, 0) is 16.0 Å². The lowest BCUT2D eigenvalue weighted by Gasteiger charge is -2.17. The zero-order valence-electron chi connectivity index (χ0n) is 13.9. The van der Waals surface area contributed by atoms with Gasteiger partial charge in [-0.2, -0.15) is 0 Å². The Balaban J connectivity index is 1.93. The van der Waals surface area contributed by atoms with E-state index >= 15 is 0 Å². The third-order valence-electron chi connectivity index (χ3n) is 3.57. The van der Waals surface area contributed by atoms with Gasteiger partial charge in [-0.1, -0.05) is 30.9 Å². The van der Waals surface area contributed by atoms with Crippen LogP contribution in [-0.4, -0.2) is 46.5 Å². The van der Waals surface area contributed by atoms with Crippen LogP contribution in [0.1, 0.15) is 41.9 Å². The molecule has 24 heavy (non-hydrogen) atoms. The Morgan fingerprint density at radius 1 is 1.38 bits per heavy atom. The van der Waals surface area contributed by atoms with Crippen molar-refractivity contribution >= 4 is 56.5 Å². The van der Waals surface area contributed by atoms with Crippen molar-refractivity contribution in [2.75, 3.05) is 30.8 Å². The predicted octanol–water partition coefficient (Wildman–Crippen LogP) is 3.54. The molecule has 1 aliphatic rings. The van der Waals surface area contributed by atoms with Gasteiger partial charge in [0.2, 0.25) is 5.91 Å². The Labute approximate surface area is 156 Å². The van der Waals surface area contributed by atoms with E-state index in [0.29, 0.717) is 17.2 Å². The van der Waals surface area contributed by atoms with E-state index in [4.69, 9.17) is 17.0 Å². The summed E-state index contributed by atoms with van der Waals surface area (Å²) in [6, 6.07) is 1.79. The first kappa shape index (κ1) is 19.2. The van der Waals surface area contributed by atoms with Crippen molar-refractivity contribution in [3.8, 4) is 0 Å². The Bertz CT molecular complexity index is 610. The molecule has 5 nitrogen and oxygen atoms in total. The zero-order valence-corrected chi connectivity index (χ0v) is 16.4. The molecule has 0 atom stereocenters. The Kier molecular flexibility index (Phi) is 7.51. The van der Waals surface area contributed by atoms with Gasteiger partial charge in [-0.15, -0.1) is 11.3 Å². The molecular weight excluding hydrogens is 364 g/mol. The number of hydrogen-bond acceptors (Lipinski definition) is 6. The number of thiophene rings is 1. The first-order chi connectivity index (χ1) is 11.5. The molecule has 1 fully saturated rings. The van der Waals surface area contributed by atoms with E-state index in [0.717, 1.165) is 41.5 Å². The molecule has 2 rings (SSSR count). The van der Waals surface area contributed by atoms with E-state index < -0.39 is 5.97 Å². The molecule has 0 aromatic carbocycles. The van der Waals surface area contributed by atoms with Gasteiger partial charge in [0.15, 0.2) is 0 Å². The van der Waals surface area contributed by atoms with E-state index in [1.807, 2.05) is 6.92 Å². The third-order valence-corrected chi connectivity index (χ3v) is 6.29. The van der Waals surface area contributed by atoms with Crippen LogP contribution in [0.2, 0.25) is 0 Å². The number of amides is 1. The quantitative estimate of drug-likeness (QED) is 0.596. The predicted molar refractivity (Wildman–Crippen MR) is 104 cm³/mol. The van der Waals surface area contributed by atoms with Crippen LogP contribution in [0.15, 0.2) is 6.07 Å². The second kappa shape index (κ2) is 9.39. The minimum Gasteiger partial charge on any atom is -0.462 e. The molecule has 1 aromatic rings. The first-order valence-electron chi connectivity index (χ1n) is 8.06. The van der Waals surface area contributed by atoms with Crippen molar-refractivity contribution in [2.24, 2.45) is 0 Å². The van der Waals surface area contributed by atoms with Crippen molar-refractivity contribution in [1.29, 1.82) is 0 Å². The number of nitrogens with one attached hydrogen (secondary N) is 1. The van der Waals surface area contributed by atoms with E-state index in [1.165, 1.54) is 23.1 Å². The van der Waals surface area contributed by atoms with Crippen LogP contribution in [0.25, 0.3) is 0 Å². The summed E-state index contributed by atoms with van der Waals surface area (Å²) in [5.41, 5.74) is 0.430. The van der Waals surface area contributed by atoms with Gasteiger partial charge in [0, 0.05) is 18.0 Å². The summed E-state index contributed by atoms with van der Waals surface area (Å²) in [6.07, 6.45) is 3.12. The maximum atomic E-state index is 12.2. The van der Waals surface area contributed by atoms with Gasteiger partial charge >= 0.3 is 5.97 Å². The molecule has 0 radical (unpaired) electrons. The summed E-state index contributed by atoms with van der Waals surface area (Å²) in [5.74, 6) is -0.308. The van der Waals surface area contributed by atoms with Crippen molar-refractivity contribution in [3.05, 3.63) is 16.5 Å². The fraction of sp³-hybridized carbons (Fsp3) is 0.562. The Morgan fingerprint density at radius 3 is 2.71 bits per heavy atom. The van der Waals surface area contributed by atoms with E-state index in [2.05, 4.69) is 10.2 Å². The van der Waals surface area contributed by atoms with Gasteiger partial charge in [-0.05, 0) is 32.3 Å². The normalized spacial score (nSPS) is 13.8. The average molecular weight is 387 g/mol. The minimum atomic E-state index is -0.399. The number of thioether (sulfide) groups is 1. The van der Waals surface area contributed by atoms with Crippen molar-refractivity contribution in [2.45, 2.75) is 33.1 Å². The summed E-state index contributed by atoms with van der Waals surface area (Å²) < 4.78 is 5.83. The van der Waals surface area contributed by atoms with Crippen LogP contribution in [0.4, 0.5) is 5.00 Å². The molecule has 0 spiro atoms. The highest BCUT2D eigenvalue weighted by Gasteiger charge is 2.20. The highest BCUT2D eigenvalue weighted by molar-refractivity contribution is 8.23. The number of hydrogen-bond donors (Lipinski definition) is 1. The average Bonchev–Trinajstić information content (AvgIpc) is 3.22. The molecule has 1 saturated heterocycles. The first-order valence-corrected chi connectivity index (χ1v) is 10.3. The lowest BCUT2D eigenvalue weighted by Crippen LogP contribution is -2.25. The molecule has 0 bridgehead atoms. The van der Waals surface area contributed by atoms with E-state index in [-0.39, 0.29) is 11.7 Å². The molecule has 0 aliphatic carbocycles. The van der Waals surface area contributed by atoms with E-state index in [9.17, 15) is 9.59 Å². The third kappa shape index (κ3) is 5.19. The number of thiocarbonyl (C=S) groups is 1. The standard InChI is InChI=1S/C16H22N2O3S3/c1-3-11-9-12(15(20)21-4-2)14(24-11)17-13(19)10-23-16(22)18-7-5-6-8-18/h9H,3-8,10H2,1-2H3,(H,17,19). The highest BCUT2D eigenvalue weighted by Crippen LogP contribution is 2.29. The molecule has 8 heteroatoms. The molecule has 1 aliphatic heterocycles. The zero-order chi connectivity index (χ0) is 17.5. The van der Waals surface area contributed by atoms with Crippen LogP contribution in [0, 0.1) is 0 Å². The second-order valence-electron chi connectivity index (χ2n) is 5.33. The molecule has 0 saturated carbocycles. The summed E-state index contributed by atoms with van der Waals surface area (Å²) in [4.78, 5) is 27.4. The van der Waals surface area contributed by atoms with E-state index in [1.54, 1.807) is 13.0 Å².